The van der Waals surface area contributed by atoms with Crippen LogP contribution < -0.4 is 0 Å². The van der Waals surface area contributed by atoms with Crippen LogP contribution in [-0.2, 0) is 28.6 Å². The zero-order valence-electron chi connectivity index (χ0n) is 33.2. The van der Waals surface area contributed by atoms with Gasteiger partial charge < -0.3 is 24.2 Å². The van der Waals surface area contributed by atoms with Gasteiger partial charge in [0.05, 0.1) is 19.8 Å². The molecular formula is C42H81NO7. The summed E-state index contributed by atoms with van der Waals surface area (Å²) in [4.78, 5) is 38.7. The lowest BCUT2D eigenvalue weighted by Crippen LogP contribution is -2.29. The summed E-state index contributed by atoms with van der Waals surface area (Å²) >= 11 is 0. The highest BCUT2D eigenvalue weighted by atomic mass is 16.6. The van der Waals surface area contributed by atoms with Crippen molar-refractivity contribution >= 4 is 17.9 Å². The molecule has 0 aliphatic rings. The van der Waals surface area contributed by atoms with Crippen LogP contribution in [0.25, 0.3) is 0 Å². The van der Waals surface area contributed by atoms with Crippen molar-refractivity contribution in [3.05, 3.63) is 0 Å². The molecule has 1 N–H and O–H groups in total. The van der Waals surface area contributed by atoms with Gasteiger partial charge in [-0.3, -0.25) is 14.4 Å². The van der Waals surface area contributed by atoms with E-state index < -0.39 is 11.9 Å². The Kier molecular flexibility index (Phi) is 37.3. The van der Waals surface area contributed by atoms with Crippen molar-refractivity contribution in [3.8, 4) is 0 Å². The Morgan fingerprint density at radius 2 is 0.880 bits per heavy atom. The monoisotopic (exact) mass is 712 g/mol. The second-order valence-electron chi connectivity index (χ2n) is 14.4. The van der Waals surface area contributed by atoms with Crippen molar-refractivity contribution < 1.29 is 33.7 Å². The summed E-state index contributed by atoms with van der Waals surface area (Å²) in [6, 6.07) is 0. The number of rotatable bonds is 39. The largest absolute Gasteiger partial charge is 0.465 e. The van der Waals surface area contributed by atoms with Gasteiger partial charge in [0.2, 0.25) is 0 Å². The molecule has 0 aromatic carbocycles. The molecule has 0 saturated carbocycles. The molecule has 0 amide bonds. The van der Waals surface area contributed by atoms with Gasteiger partial charge in [0.1, 0.15) is 12.5 Å². The molecule has 0 aliphatic carbocycles. The lowest BCUT2D eigenvalue weighted by atomic mass is 10.0. The smallest absolute Gasteiger partial charge is 0.317 e. The first-order valence-corrected chi connectivity index (χ1v) is 21.3. The standard InChI is InChI=1S/C42H81NO7/c1-4-7-10-13-17-23-30-39(29-22-16-12-9-6-3)50-40(45)31-24-18-15-19-25-32-43(34-35-44)33-26-21-28-37-49-42(47)38-41(46)48-36-27-20-14-11-8-5-2/h39,44H,4-38H2,1-3H3. The number of aliphatic hydroxyl groups is 1. The number of carbonyl (C=O) groups is 3. The van der Waals surface area contributed by atoms with Gasteiger partial charge >= 0.3 is 17.9 Å². The fourth-order valence-electron chi connectivity index (χ4n) is 6.34. The lowest BCUT2D eigenvalue weighted by Gasteiger charge is -2.21. The van der Waals surface area contributed by atoms with Gasteiger partial charge in [-0.15, -0.1) is 0 Å². The quantitative estimate of drug-likeness (QED) is 0.0291. The fourth-order valence-corrected chi connectivity index (χ4v) is 6.34. The van der Waals surface area contributed by atoms with Crippen LogP contribution >= 0.6 is 0 Å². The predicted octanol–water partition coefficient (Wildman–Crippen LogP) is 10.7. The summed E-state index contributed by atoms with van der Waals surface area (Å²) in [6.45, 7) is 10.0. The minimum absolute atomic E-state index is 0.0141. The molecular weight excluding hydrogens is 630 g/mol. The van der Waals surface area contributed by atoms with Crippen molar-refractivity contribution in [2.24, 2.45) is 0 Å². The highest BCUT2D eigenvalue weighted by Crippen LogP contribution is 2.18. The zero-order chi connectivity index (χ0) is 36.8. The molecule has 0 aliphatic heterocycles. The Morgan fingerprint density at radius 3 is 1.36 bits per heavy atom. The van der Waals surface area contributed by atoms with Crippen molar-refractivity contribution in [2.75, 3.05) is 39.5 Å². The van der Waals surface area contributed by atoms with E-state index in [0.717, 1.165) is 109 Å². The molecule has 0 aromatic rings. The molecule has 50 heavy (non-hydrogen) atoms. The van der Waals surface area contributed by atoms with E-state index in [1.54, 1.807) is 0 Å². The molecule has 0 spiro atoms. The molecule has 0 aromatic heterocycles. The normalized spacial score (nSPS) is 11.9. The number of nitrogens with zero attached hydrogens (tertiary/aromatic N) is 1. The summed E-state index contributed by atoms with van der Waals surface area (Å²) in [7, 11) is 0. The Bertz CT molecular complexity index is 762. The first-order chi connectivity index (χ1) is 24.5. The molecule has 8 heteroatoms. The number of unbranched alkanes of at least 4 members (excludes halogenated alkanes) is 20. The molecule has 0 saturated heterocycles. The molecule has 0 radical (unpaired) electrons. The van der Waals surface area contributed by atoms with Gasteiger partial charge in [-0.05, 0) is 77.3 Å². The molecule has 296 valence electrons. The molecule has 0 rings (SSSR count). The minimum Gasteiger partial charge on any atom is -0.465 e. The number of aliphatic hydroxyl groups excluding tert-OH is 1. The maximum Gasteiger partial charge on any atom is 0.317 e. The summed E-state index contributed by atoms with van der Waals surface area (Å²) < 4.78 is 16.3. The maximum atomic E-state index is 12.6. The highest BCUT2D eigenvalue weighted by Gasteiger charge is 2.15. The van der Waals surface area contributed by atoms with Crippen LogP contribution in [-0.4, -0.2) is 73.5 Å². The van der Waals surface area contributed by atoms with Crippen LogP contribution in [0.15, 0.2) is 0 Å². The van der Waals surface area contributed by atoms with Crippen LogP contribution in [0.2, 0.25) is 0 Å². The maximum absolute atomic E-state index is 12.6. The Balaban J connectivity index is 3.99. The molecule has 0 bridgehead atoms. The second kappa shape index (κ2) is 38.6. The average molecular weight is 712 g/mol. The van der Waals surface area contributed by atoms with E-state index in [0.29, 0.717) is 26.2 Å². The molecule has 1 unspecified atom stereocenters. The third kappa shape index (κ3) is 34.8. The van der Waals surface area contributed by atoms with Crippen LogP contribution in [0.3, 0.4) is 0 Å². The van der Waals surface area contributed by atoms with Crippen LogP contribution in [0.1, 0.15) is 207 Å². The minimum atomic E-state index is -0.516. The molecule has 0 heterocycles. The lowest BCUT2D eigenvalue weighted by molar-refractivity contribution is -0.155. The van der Waals surface area contributed by atoms with E-state index in [-0.39, 0.29) is 25.1 Å². The van der Waals surface area contributed by atoms with Crippen molar-refractivity contribution in [1.29, 1.82) is 0 Å². The average Bonchev–Trinajstić information content (AvgIpc) is 3.10. The van der Waals surface area contributed by atoms with Crippen LogP contribution in [0, 0.1) is 0 Å². The summed E-state index contributed by atoms with van der Waals surface area (Å²) in [6.07, 6.45) is 30.8. The first kappa shape index (κ1) is 48.3. The predicted molar refractivity (Wildman–Crippen MR) is 206 cm³/mol. The number of ether oxygens (including phenoxy) is 3. The molecule has 1 atom stereocenters. The van der Waals surface area contributed by atoms with E-state index in [4.69, 9.17) is 14.2 Å². The van der Waals surface area contributed by atoms with Gasteiger partial charge in [0, 0.05) is 13.0 Å². The second-order valence-corrected chi connectivity index (χ2v) is 14.4. The zero-order valence-corrected chi connectivity index (χ0v) is 33.2. The van der Waals surface area contributed by atoms with E-state index in [2.05, 4.69) is 25.7 Å². The number of carbonyl (C=O) groups excluding carboxylic acids is 3. The third-order valence-electron chi connectivity index (χ3n) is 9.51. The molecule has 0 fully saturated rings. The van der Waals surface area contributed by atoms with Crippen LogP contribution in [0.4, 0.5) is 0 Å². The van der Waals surface area contributed by atoms with Crippen LogP contribution in [0.5, 0.6) is 0 Å². The van der Waals surface area contributed by atoms with E-state index in [1.165, 1.54) is 77.0 Å². The number of hydrogen-bond donors (Lipinski definition) is 1. The van der Waals surface area contributed by atoms with E-state index in [1.807, 2.05) is 0 Å². The van der Waals surface area contributed by atoms with Crippen molar-refractivity contribution in [2.45, 2.75) is 213 Å². The Morgan fingerprint density at radius 1 is 0.480 bits per heavy atom. The number of hydrogen-bond acceptors (Lipinski definition) is 8. The van der Waals surface area contributed by atoms with Gasteiger partial charge in [0.25, 0.3) is 0 Å². The fraction of sp³-hybridized carbons (Fsp3) is 0.929. The van der Waals surface area contributed by atoms with E-state index >= 15 is 0 Å². The Hall–Kier alpha value is -1.67. The summed E-state index contributed by atoms with van der Waals surface area (Å²) in [5.41, 5.74) is 0. The van der Waals surface area contributed by atoms with Crippen molar-refractivity contribution in [3.63, 3.8) is 0 Å². The van der Waals surface area contributed by atoms with Gasteiger partial charge in [-0.2, -0.15) is 0 Å². The van der Waals surface area contributed by atoms with Gasteiger partial charge in [-0.25, -0.2) is 0 Å². The summed E-state index contributed by atoms with van der Waals surface area (Å²) in [5, 5.41) is 9.50. The Labute approximate surface area is 308 Å². The van der Waals surface area contributed by atoms with Gasteiger partial charge in [-0.1, -0.05) is 130 Å². The van der Waals surface area contributed by atoms with Gasteiger partial charge in [0.15, 0.2) is 0 Å². The van der Waals surface area contributed by atoms with Crippen molar-refractivity contribution in [1.82, 2.24) is 4.90 Å². The number of esters is 3. The third-order valence-corrected chi connectivity index (χ3v) is 9.51. The molecule has 8 nitrogen and oxygen atoms in total. The SMILES string of the molecule is CCCCCCCCOC(=O)CC(=O)OCCCCCN(CCO)CCCCCCCC(=O)OC(CCCCCCC)CCCCCCCC. The first-order valence-electron chi connectivity index (χ1n) is 21.3. The highest BCUT2D eigenvalue weighted by molar-refractivity contribution is 5.91. The summed E-state index contributed by atoms with van der Waals surface area (Å²) in [5.74, 6) is -1.03. The topological polar surface area (TPSA) is 102 Å². The van der Waals surface area contributed by atoms with E-state index in [9.17, 15) is 19.5 Å².